The Balaban J connectivity index is 2.10. The van der Waals surface area contributed by atoms with Gasteiger partial charge in [0.2, 0.25) is 5.89 Å². The molecular weight excluding hydrogens is 226 g/mol. The molecule has 0 saturated heterocycles. The summed E-state index contributed by atoms with van der Waals surface area (Å²) in [5.74, 6) is 1.20. The fraction of sp³-hybridized carbons (Fsp3) is 0.429. The van der Waals surface area contributed by atoms with Gasteiger partial charge in [-0.2, -0.15) is 4.98 Å². The third-order valence-corrected chi connectivity index (χ3v) is 2.73. The largest absolute Gasteiger partial charge is 0.338 e. The summed E-state index contributed by atoms with van der Waals surface area (Å²) >= 11 is 0. The summed E-state index contributed by atoms with van der Waals surface area (Å²) < 4.78 is 5.24. The third kappa shape index (κ3) is 2.96. The predicted octanol–water partition coefficient (Wildman–Crippen LogP) is 2.61. The first kappa shape index (κ1) is 12.8. The molecule has 2 N–H and O–H groups in total. The van der Waals surface area contributed by atoms with Crippen LogP contribution in [0.1, 0.15) is 44.1 Å². The van der Waals surface area contributed by atoms with Gasteiger partial charge in [-0.3, -0.25) is 0 Å². The summed E-state index contributed by atoms with van der Waals surface area (Å²) in [5, 5.41) is 3.98. The van der Waals surface area contributed by atoms with Crippen molar-refractivity contribution in [3.8, 4) is 0 Å². The molecule has 0 spiro atoms. The van der Waals surface area contributed by atoms with E-state index in [1.807, 2.05) is 51.1 Å². The van der Waals surface area contributed by atoms with Crippen molar-refractivity contribution in [3.05, 3.63) is 47.6 Å². The number of benzene rings is 1. The molecular formula is C14H19N3O. The Hall–Kier alpha value is -1.68. The minimum atomic E-state index is -0.254. The van der Waals surface area contributed by atoms with Crippen molar-refractivity contribution in [1.82, 2.24) is 10.1 Å². The number of nitrogens with two attached hydrogens (primary N) is 1. The van der Waals surface area contributed by atoms with Gasteiger partial charge in [-0.15, -0.1) is 0 Å². The van der Waals surface area contributed by atoms with E-state index in [0.29, 0.717) is 18.1 Å². The summed E-state index contributed by atoms with van der Waals surface area (Å²) in [6.45, 7) is 6.14. The highest BCUT2D eigenvalue weighted by Crippen LogP contribution is 2.21. The molecule has 1 unspecified atom stereocenters. The Bertz CT molecular complexity index is 499. The van der Waals surface area contributed by atoms with Crippen LogP contribution in [0.2, 0.25) is 0 Å². The first-order chi connectivity index (χ1) is 8.47. The van der Waals surface area contributed by atoms with Gasteiger partial charge in [0.05, 0.1) is 6.04 Å². The van der Waals surface area contributed by atoms with Crippen molar-refractivity contribution in [2.75, 3.05) is 0 Å². The Labute approximate surface area is 107 Å². The molecule has 0 aliphatic carbocycles. The molecule has 4 heteroatoms. The smallest absolute Gasteiger partial charge is 0.243 e. The number of rotatable bonds is 3. The summed E-state index contributed by atoms with van der Waals surface area (Å²) in [7, 11) is 0. The normalized spacial score (nSPS) is 13.6. The van der Waals surface area contributed by atoms with Gasteiger partial charge >= 0.3 is 0 Å². The molecule has 2 aromatic rings. The summed E-state index contributed by atoms with van der Waals surface area (Å²) in [6, 6.07) is 9.81. The number of aromatic nitrogens is 2. The molecule has 1 heterocycles. The maximum absolute atomic E-state index is 6.09. The maximum Gasteiger partial charge on any atom is 0.243 e. The van der Waals surface area contributed by atoms with Crippen molar-refractivity contribution in [1.29, 1.82) is 0 Å². The van der Waals surface area contributed by atoms with Crippen LogP contribution in [0, 0.1) is 0 Å². The van der Waals surface area contributed by atoms with Crippen LogP contribution in [0.5, 0.6) is 0 Å². The van der Waals surface area contributed by atoms with E-state index >= 15 is 0 Å². The quantitative estimate of drug-likeness (QED) is 0.902. The number of hydrogen-bond donors (Lipinski definition) is 1. The highest BCUT2D eigenvalue weighted by atomic mass is 16.5. The summed E-state index contributed by atoms with van der Waals surface area (Å²) in [5.41, 5.74) is 7.14. The second-order valence-corrected chi connectivity index (χ2v) is 5.50. The fourth-order valence-corrected chi connectivity index (χ4v) is 1.65. The van der Waals surface area contributed by atoms with Gasteiger partial charge in [0, 0.05) is 5.41 Å². The van der Waals surface area contributed by atoms with Crippen LogP contribution in [0.15, 0.2) is 34.9 Å². The standard InChI is InChI=1S/C14H19N3O/c1-14(2,3)13-16-12(18-17-13)11(15)9-10-7-5-4-6-8-10/h4-8,11H,9,15H2,1-3H3. The van der Waals surface area contributed by atoms with Crippen LogP contribution in [0.4, 0.5) is 0 Å². The van der Waals surface area contributed by atoms with E-state index in [0.717, 1.165) is 0 Å². The van der Waals surface area contributed by atoms with Crippen molar-refractivity contribution >= 4 is 0 Å². The van der Waals surface area contributed by atoms with E-state index in [9.17, 15) is 0 Å². The second-order valence-electron chi connectivity index (χ2n) is 5.50. The lowest BCUT2D eigenvalue weighted by atomic mass is 9.96. The van der Waals surface area contributed by atoms with Gasteiger partial charge in [-0.25, -0.2) is 0 Å². The molecule has 18 heavy (non-hydrogen) atoms. The third-order valence-electron chi connectivity index (χ3n) is 2.73. The Morgan fingerprint density at radius 2 is 1.89 bits per heavy atom. The fourth-order valence-electron chi connectivity index (χ4n) is 1.65. The van der Waals surface area contributed by atoms with Gasteiger partial charge in [0.1, 0.15) is 0 Å². The SMILES string of the molecule is CC(C)(C)c1noc(C(N)Cc2ccccc2)n1. The van der Waals surface area contributed by atoms with Crippen LogP contribution in [-0.4, -0.2) is 10.1 Å². The van der Waals surface area contributed by atoms with Gasteiger partial charge < -0.3 is 10.3 Å². The van der Waals surface area contributed by atoms with Gasteiger partial charge in [-0.05, 0) is 12.0 Å². The average Bonchev–Trinajstić information content (AvgIpc) is 2.79. The van der Waals surface area contributed by atoms with Crippen LogP contribution in [0.3, 0.4) is 0 Å². The highest BCUT2D eigenvalue weighted by Gasteiger charge is 2.23. The second kappa shape index (κ2) is 4.90. The topological polar surface area (TPSA) is 64.9 Å². The molecule has 0 amide bonds. The Morgan fingerprint density at radius 1 is 1.22 bits per heavy atom. The van der Waals surface area contributed by atoms with Crippen LogP contribution in [-0.2, 0) is 11.8 Å². The monoisotopic (exact) mass is 245 g/mol. The minimum Gasteiger partial charge on any atom is -0.338 e. The first-order valence-electron chi connectivity index (χ1n) is 6.10. The zero-order chi connectivity index (χ0) is 13.2. The molecule has 1 aromatic carbocycles. The van der Waals surface area contributed by atoms with Crippen molar-refractivity contribution < 1.29 is 4.52 Å². The van der Waals surface area contributed by atoms with Crippen molar-refractivity contribution in [3.63, 3.8) is 0 Å². The molecule has 4 nitrogen and oxygen atoms in total. The molecule has 0 bridgehead atoms. The van der Waals surface area contributed by atoms with E-state index in [1.54, 1.807) is 0 Å². The molecule has 0 aliphatic rings. The molecule has 0 aliphatic heterocycles. The van der Waals surface area contributed by atoms with Crippen LogP contribution >= 0.6 is 0 Å². The van der Waals surface area contributed by atoms with Crippen LogP contribution < -0.4 is 5.73 Å². The molecule has 2 rings (SSSR count). The number of hydrogen-bond acceptors (Lipinski definition) is 4. The average molecular weight is 245 g/mol. The lowest BCUT2D eigenvalue weighted by molar-refractivity contribution is 0.343. The number of nitrogens with zero attached hydrogens (tertiary/aromatic N) is 2. The lowest BCUT2D eigenvalue weighted by Crippen LogP contribution is -2.16. The van der Waals surface area contributed by atoms with E-state index in [2.05, 4.69) is 10.1 Å². The molecule has 1 aromatic heterocycles. The highest BCUT2D eigenvalue weighted by molar-refractivity contribution is 5.17. The van der Waals surface area contributed by atoms with E-state index in [1.165, 1.54) is 5.56 Å². The van der Waals surface area contributed by atoms with E-state index in [4.69, 9.17) is 10.3 Å². The zero-order valence-corrected chi connectivity index (χ0v) is 11.1. The van der Waals surface area contributed by atoms with Crippen molar-refractivity contribution in [2.45, 2.75) is 38.6 Å². The molecule has 0 radical (unpaired) electrons. The Morgan fingerprint density at radius 3 is 2.44 bits per heavy atom. The molecule has 0 saturated carbocycles. The van der Waals surface area contributed by atoms with Gasteiger partial charge in [0.25, 0.3) is 0 Å². The molecule has 96 valence electrons. The zero-order valence-electron chi connectivity index (χ0n) is 11.1. The van der Waals surface area contributed by atoms with Crippen molar-refractivity contribution in [2.24, 2.45) is 5.73 Å². The minimum absolute atomic E-state index is 0.117. The van der Waals surface area contributed by atoms with Gasteiger partial charge in [-0.1, -0.05) is 56.3 Å². The van der Waals surface area contributed by atoms with Crippen LogP contribution in [0.25, 0.3) is 0 Å². The van der Waals surface area contributed by atoms with E-state index in [-0.39, 0.29) is 11.5 Å². The molecule has 1 atom stereocenters. The predicted molar refractivity (Wildman–Crippen MR) is 70.1 cm³/mol. The summed E-state index contributed by atoms with van der Waals surface area (Å²) in [6.07, 6.45) is 0.701. The Kier molecular flexibility index (Phi) is 3.48. The summed E-state index contributed by atoms with van der Waals surface area (Å²) in [4.78, 5) is 4.37. The lowest BCUT2D eigenvalue weighted by Gasteiger charge is -2.11. The maximum atomic E-state index is 6.09. The van der Waals surface area contributed by atoms with E-state index < -0.39 is 0 Å². The van der Waals surface area contributed by atoms with Gasteiger partial charge in [0.15, 0.2) is 5.82 Å². The first-order valence-corrected chi connectivity index (χ1v) is 6.10. The molecule has 0 fully saturated rings.